The molecule has 3 nitrogen and oxygen atoms in total. The van der Waals surface area contributed by atoms with E-state index in [1.807, 2.05) is 37.3 Å². The largest absolute Gasteiger partial charge is 0.435 e. The van der Waals surface area contributed by atoms with E-state index in [2.05, 4.69) is 10.1 Å². The lowest BCUT2D eigenvalue weighted by molar-refractivity contribution is -0.116. The van der Waals surface area contributed by atoms with Crippen LogP contribution >= 0.6 is 0 Å². The zero-order chi connectivity index (χ0) is 16.7. The van der Waals surface area contributed by atoms with Crippen LogP contribution in [0.3, 0.4) is 0 Å². The third kappa shape index (κ3) is 5.36. The molecule has 2 aromatic carbocycles. The maximum Gasteiger partial charge on any atom is 0.387 e. The number of nitrogens with one attached hydrogen (secondary N) is 1. The van der Waals surface area contributed by atoms with Crippen LogP contribution in [-0.4, -0.2) is 12.5 Å². The predicted octanol–water partition coefficient (Wildman–Crippen LogP) is 4.62. The van der Waals surface area contributed by atoms with Crippen molar-refractivity contribution in [3.8, 4) is 5.75 Å². The number of alkyl halides is 2. The lowest BCUT2D eigenvalue weighted by atomic mass is 10.0. The molecule has 0 unspecified atom stereocenters. The molecule has 0 heterocycles. The summed E-state index contributed by atoms with van der Waals surface area (Å²) in [5.41, 5.74) is 2.16. The lowest BCUT2D eigenvalue weighted by Gasteiger charge is -2.13. The van der Waals surface area contributed by atoms with Crippen LogP contribution in [0.5, 0.6) is 5.75 Å². The number of hydrogen-bond acceptors (Lipinski definition) is 2. The summed E-state index contributed by atoms with van der Waals surface area (Å²) >= 11 is 0. The molecule has 0 spiro atoms. The van der Waals surface area contributed by atoms with Gasteiger partial charge in [0, 0.05) is 24.1 Å². The molecule has 0 radical (unpaired) electrons. The van der Waals surface area contributed by atoms with Crippen molar-refractivity contribution >= 4 is 11.6 Å². The average molecular weight is 319 g/mol. The van der Waals surface area contributed by atoms with Gasteiger partial charge in [-0.2, -0.15) is 8.78 Å². The number of carbonyl (C=O) groups is 1. The van der Waals surface area contributed by atoms with Gasteiger partial charge in [0.15, 0.2) is 0 Å². The highest BCUT2D eigenvalue weighted by Crippen LogP contribution is 2.27. The molecule has 0 saturated heterocycles. The molecule has 0 aliphatic carbocycles. The monoisotopic (exact) mass is 319 g/mol. The van der Waals surface area contributed by atoms with E-state index in [9.17, 15) is 13.6 Å². The van der Waals surface area contributed by atoms with Gasteiger partial charge in [-0.15, -0.1) is 0 Å². The van der Waals surface area contributed by atoms with E-state index < -0.39 is 6.61 Å². The Morgan fingerprint density at radius 1 is 1.17 bits per heavy atom. The fourth-order valence-electron chi connectivity index (χ4n) is 2.27. The van der Waals surface area contributed by atoms with E-state index in [0.717, 1.165) is 12.0 Å². The first-order chi connectivity index (χ1) is 11.1. The smallest absolute Gasteiger partial charge is 0.387 e. The summed E-state index contributed by atoms with van der Waals surface area (Å²) in [4.78, 5) is 11.7. The van der Waals surface area contributed by atoms with Crippen molar-refractivity contribution in [1.29, 1.82) is 0 Å². The van der Waals surface area contributed by atoms with Gasteiger partial charge in [0.1, 0.15) is 5.75 Å². The summed E-state index contributed by atoms with van der Waals surface area (Å²) in [6.45, 7) is -0.968. The van der Waals surface area contributed by atoms with Gasteiger partial charge >= 0.3 is 6.61 Å². The number of halogens is 2. The Bertz CT molecular complexity index is 645. The highest BCUT2D eigenvalue weighted by molar-refractivity contribution is 5.90. The molecule has 0 fully saturated rings. The molecule has 1 N–H and O–H groups in total. The molecule has 0 atom stereocenters. The fraction of sp³-hybridized carbons (Fsp3) is 0.278. The summed E-state index contributed by atoms with van der Waals surface area (Å²) in [6.07, 6.45) is 1.61. The Balaban J connectivity index is 2.24. The summed E-state index contributed by atoms with van der Waals surface area (Å²) in [5, 5.41) is 2.77. The zero-order valence-electron chi connectivity index (χ0n) is 12.9. The maximum absolute atomic E-state index is 12.6. The summed E-state index contributed by atoms with van der Waals surface area (Å²) in [6, 6.07) is 14.2. The first-order valence-electron chi connectivity index (χ1n) is 7.50. The van der Waals surface area contributed by atoms with Crippen molar-refractivity contribution in [3.63, 3.8) is 0 Å². The quantitative estimate of drug-likeness (QED) is 0.809. The standard InChI is InChI=1S/C18H19F2NO2/c1-2-6-17(22)21-15-9-10-16(23-18(19)20)14(12-15)11-13-7-4-3-5-8-13/h3-5,7-10,12,18H,2,6,11H2,1H3,(H,21,22). The molecular weight excluding hydrogens is 300 g/mol. The van der Waals surface area contributed by atoms with Crippen molar-refractivity contribution < 1.29 is 18.3 Å². The van der Waals surface area contributed by atoms with Crippen molar-refractivity contribution in [2.75, 3.05) is 5.32 Å². The second kappa shape index (κ2) is 8.27. The summed E-state index contributed by atoms with van der Waals surface area (Å²) < 4.78 is 29.7. The molecule has 0 aromatic heterocycles. The minimum atomic E-state index is -2.88. The minimum Gasteiger partial charge on any atom is -0.435 e. The SMILES string of the molecule is CCCC(=O)Nc1ccc(OC(F)F)c(Cc2ccccc2)c1. The molecule has 5 heteroatoms. The molecule has 2 rings (SSSR count). The average Bonchev–Trinajstić information content (AvgIpc) is 2.51. The molecule has 122 valence electrons. The van der Waals surface area contributed by atoms with Gasteiger partial charge in [-0.1, -0.05) is 37.3 Å². The molecule has 0 aliphatic heterocycles. The third-order valence-corrected chi connectivity index (χ3v) is 3.27. The molecule has 0 saturated carbocycles. The second-order valence-corrected chi connectivity index (χ2v) is 5.16. The Morgan fingerprint density at radius 3 is 2.57 bits per heavy atom. The normalized spacial score (nSPS) is 10.6. The van der Waals surface area contributed by atoms with Crippen molar-refractivity contribution in [1.82, 2.24) is 0 Å². The number of anilines is 1. The van der Waals surface area contributed by atoms with Crippen LogP contribution in [0.4, 0.5) is 14.5 Å². The van der Waals surface area contributed by atoms with Crippen LogP contribution in [0.1, 0.15) is 30.9 Å². The van der Waals surface area contributed by atoms with E-state index >= 15 is 0 Å². The zero-order valence-corrected chi connectivity index (χ0v) is 12.9. The Morgan fingerprint density at radius 2 is 1.91 bits per heavy atom. The van der Waals surface area contributed by atoms with Gasteiger partial charge < -0.3 is 10.1 Å². The Hall–Kier alpha value is -2.43. The highest BCUT2D eigenvalue weighted by atomic mass is 19.3. The topological polar surface area (TPSA) is 38.3 Å². The number of benzene rings is 2. The van der Waals surface area contributed by atoms with Crippen LogP contribution < -0.4 is 10.1 Å². The van der Waals surface area contributed by atoms with Crippen LogP contribution in [-0.2, 0) is 11.2 Å². The van der Waals surface area contributed by atoms with Gasteiger partial charge in [-0.25, -0.2) is 0 Å². The Kier molecular flexibility index (Phi) is 6.09. The van der Waals surface area contributed by atoms with Crippen molar-refractivity contribution in [3.05, 3.63) is 59.7 Å². The number of amides is 1. The summed E-state index contributed by atoms with van der Waals surface area (Å²) in [7, 11) is 0. The first-order valence-corrected chi connectivity index (χ1v) is 7.50. The Labute approximate surface area is 134 Å². The van der Waals surface area contributed by atoms with E-state index in [4.69, 9.17) is 0 Å². The van der Waals surface area contributed by atoms with E-state index in [-0.39, 0.29) is 11.7 Å². The second-order valence-electron chi connectivity index (χ2n) is 5.16. The van der Waals surface area contributed by atoms with Gasteiger partial charge in [-0.3, -0.25) is 4.79 Å². The van der Waals surface area contributed by atoms with Gasteiger partial charge in [-0.05, 0) is 30.2 Å². The molecule has 2 aromatic rings. The predicted molar refractivity (Wildman–Crippen MR) is 85.9 cm³/mol. The van der Waals surface area contributed by atoms with Gasteiger partial charge in [0.25, 0.3) is 0 Å². The molecule has 23 heavy (non-hydrogen) atoms. The number of carbonyl (C=O) groups excluding carboxylic acids is 1. The molecule has 1 amide bonds. The van der Waals surface area contributed by atoms with Crippen molar-refractivity contribution in [2.45, 2.75) is 32.8 Å². The molecule has 0 bridgehead atoms. The van der Waals surface area contributed by atoms with Crippen LogP contribution in [0.15, 0.2) is 48.5 Å². The van der Waals surface area contributed by atoms with E-state index in [0.29, 0.717) is 24.1 Å². The van der Waals surface area contributed by atoms with Gasteiger partial charge in [0.05, 0.1) is 0 Å². The number of rotatable bonds is 7. The van der Waals surface area contributed by atoms with E-state index in [1.165, 1.54) is 6.07 Å². The molecular formula is C18H19F2NO2. The number of ether oxygens (including phenoxy) is 1. The van der Waals surface area contributed by atoms with Crippen LogP contribution in [0, 0.1) is 0 Å². The van der Waals surface area contributed by atoms with Gasteiger partial charge in [0.2, 0.25) is 5.91 Å². The minimum absolute atomic E-state index is 0.0966. The summed E-state index contributed by atoms with van der Waals surface area (Å²) in [5.74, 6) is 0.0260. The third-order valence-electron chi connectivity index (χ3n) is 3.27. The number of hydrogen-bond donors (Lipinski definition) is 1. The van der Waals surface area contributed by atoms with Crippen LogP contribution in [0.25, 0.3) is 0 Å². The van der Waals surface area contributed by atoms with E-state index in [1.54, 1.807) is 12.1 Å². The fourth-order valence-corrected chi connectivity index (χ4v) is 2.27. The first kappa shape index (κ1) is 16.9. The highest BCUT2D eigenvalue weighted by Gasteiger charge is 2.12. The maximum atomic E-state index is 12.6. The van der Waals surface area contributed by atoms with Crippen LogP contribution in [0.2, 0.25) is 0 Å². The molecule has 0 aliphatic rings. The lowest BCUT2D eigenvalue weighted by Crippen LogP contribution is -2.11. The van der Waals surface area contributed by atoms with Crippen molar-refractivity contribution in [2.24, 2.45) is 0 Å².